The van der Waals surface area contributed by atoms with Gasteiger partial charge in [0.15, 0.2) is 23.0 Å². The predicted octanol–water partition coefficient (Wildman–Crippen LogP) is 2.54. The Labute approximate surface area is 336 Å². The van der Waals surface area contributed by atoms with E-state index < -0.39 is 0 Å². The molecule has 4 saturated heterocycles. The third kappa shape index (κ3) is 9.87. The topological polar surface area (TPSA) is 215 Å². The first-order valence-corrected chi connectivity index (χ1v) is 19.3. The minimum atomic E-state index is -0.276. The molecule has 308 valence electrons. The molecule has 5 N–H and O–H groups in total. The van der Waals surface area contributed by atoms with E-state index in [-0.39, 0.29) is 29.3 Å². The molecule has 4 aliphatic rings. The van der Waals surface area contributed by atoms with E-state index in [0.29, 0.717) is 95.2 Å². The van der Waals surface area contributed by atoms with Crippen LogP contribution in [0.4, 0.5) is 17.6 Å². The van der Waals surface area contributed by atoms with E-state index in [1.54, 1.807) is 52.7 Å². The number of amides is 2. The van der Waals surface area contributed by atoms with Crippen molar-refractivity contribution in [2.24, 2.45) is 0 Å². The van der Waals surface area contributed by atoms with Gasteiger partial charge < -0.3 is 59.9 Å². The average Bonchev–Trinajstić information content (AvgIpc) is 3.99. The number of anilines is 3. The highest BCUT2D eigenvalue weighted by atomic mass is 35.5. The molecule has 19 heteroatoms. The fraction of sp³-hybridized carbons (Fsp3) is 0.526. The molecule has 0 bridgehead atoms. The molecule has 0 spiro atoms. The van der Waals surface area contributed by atoms with E-state index in [1.807, 2.05) is 14.7 Å². The van der Waals surface area contributed by atoms with Crippen LogP contribution >= 0.6 is 11.6 Å². The van der Waals surface area contributed by atoms with Gasteiger partial charge in [0.05, 0.1) is 39.5 Å². The fourth-order valence-electron chi connectivity index (χ4n) is 7.02. The zero-order chi connectivity index (χ0) is 40.5. The highest BCUT2D eigenvalue weighted by Gasteiger charge is 2.31. The lowest BCUT2D eigenvalue weighted by Gasteiger charge is -2.35. The van der Waals surface area contributed by atoms with Crippen LogP contribution in [0, 0.1) is 0 Å². The number of benzene rings is 2. The van der Waals surface area contributed by atoms with Gasteiger partial charge in [-0.15, -0.1) is 0 Å². The van der Waals surface area contributed by atoms with Crippen molar-refractivity contribution in [1.29, 1.82) is 0 Å². The van der Waals surface area contributed by atoms with E-state index in [0.717, 1.165) is 58.5 Å². The largest absolute Gasteiger partial charge is 0.493 e. The van der Waals surface area contributed by atoms with Crippen LogP contribution in [0.3, 0.4) is 0 Å². The van der Waals surface area contributed by atoms with E-state index in [9.17, 15) is 9.59 Å². The van der Waals surface area contributed by atoms with Crippen LogP contribution in [-0.2, 0) is 19.1 Å². The molecule has 4 fully saturated rings. The molecule has 0 saturated carbocycles. The van der Waals surface area contributed by atoms with Crippen molar-refractivity contribution in [3.63, 3.8) is 0 Å². The molecular weight excluding hydrogens is 760 g/mol. The highest BCUT2D eigenvalue weighted by Crippen LogP contribution is 2.35. The fourth-order valence-corrected chi connectivity index (χ4v) is 7.20. The van der Waals surface area contributed by atoms with Crippen LogP contribution in [0.5, 0.6) is 23.0 Å². The van der Waals surface area contributed by atoms with Gasteiger partial charge >= 0.3 is 0 Å². The first-order valence-electron chi connectivity index (χ1n) is 18.9. The number of rotatable bonds is 7. The van der Waals surface area contributed by atoms with Crippen LogP contribution in [0.25, 0.3) is 21.8 Å². The Kier molecular flexibility index (Phi) is 14.1. The maximum Gasteiger partial charge on any atom is 0.251 e. The lowest BCUT2D eigenvalue weighted by molar-refractivity contribution is -0.142. The number of piperazine rings is 2. The van der Waals surface area contributed by atoms with E-state index in [2.05, 4.69) is 25.3 Å². The van der Waals surface area contributed by atoms with Crippen LogP contribution in [0.15, 0.2) is 24.3 Å². The van der Waals surface area contributed by atoms with Crippen molar-refractivity contribution in [2.75, 3.05) is 110 Å². The molecule has 18 nitrogen and oxygen atoms in total. The number of nitrogen functional groups attached to an aromatic ring is 2. The van der Waals surface area contributed by atoms with Crippen LogP contribution in [0.2, 0.25) is 5.28 Å². The van der Waals surface area contributed by atoms with Gasteiger partial charge in [0, 0.05) is 88.5 Å². The van der Waals surface area contributed by atoms with Gasteiger partial charge in [-0.05, 0) is 49.4 Å². The van der Waals surface area contributed by atoms with Crippen molar-refractivity contribution in [1.82, 2.24) is 35.1 Å². The summed E-state index contributed by atoms with van der Waals surface area (Å²) in [5.74, 6) is 3.87. The Morgan fingerprint density at radius 2 is 1.12 bits per heavy atom. The van der Waals surface area contributed by atoms with Gasteiger partial charge in [0.2, 0.25) is 11.2 Å². The summed E-state index contributed by atoms with van der Waals surface area (Å²) in [5.41, 5.74) is 13.2. The van der Waals surface area contributed by atoms with Crippen LogP contribution in [0.1, 0.15) is 25.7 Å². The number of nitrogens with two attached hydrogens (primary N) is 2. The Morgan fingerprint density at radius 3 is 1.60 bits per heavy atom. The number of ether oxygens (including phenoxy) is 6. The highest BCUT2D eigenvalue weighted by molar-refractivity contribution is 6.28. The number of hydrogen-bond acceptors (Lipinski definition) is 16. The summed E-state index contributed by atoms with van der Waals surface area (Å²) < 4.78 is 31.9. The first kappa shape index (κ1) is 41.5. The normalized spacial score (nSPS) is 19.4. The average molecular weight is 811 g/mol. The maximum absolute atomic E-state index is 12.5. The zero-order valence-corrected chi connectivity index (χ0v) is 33.5. The summed E-state index contributed by atoms with van der Waals surface area (Å²) >= 11 is 5.72. The van der Waals surface area contributed by atoms with Crippen molar-refractivity contribution in [3.8, 4) is 23.0 Å². The summed E-state index contributed by atoms with van der Waals surface area (Å²) in [4.78, 5) is 47.2. The van der Waals surface area contributed by atoms with Gasteiger partial charge in [0.1, 0.15) is 23.8 Å². The van der Waals surface area contributed by atoms with Crippen molar-refractivity contribution in [3.05, 3.63) is 29.5 Å². The zero-order valence-electron chi connectivity index (χ0n) is 32.8. The molecular formula is C38H51ClN10O8. The number of aromatic nitrogens is 4. The second kappa shape index (κ2) is 19.3. The first-order chi connectivity index (χ1) is 27.6. The van der Waals surface area contributed by atoms with Gasteiger partial charge in [-0.3, -0.25) is 9.59 Å². The van der Waals surface area contributed by atoms with Crippen LogP contribution < -0.4 is 40.6 Å². The molecule has 4 aliphatic heterocycles. The molecule has 2 aromatic heterocycles. The molecule has 4 aromatic rings. The smallest absolute Gasteiger partial charge is 0.251 e. The summed E-state index contributed by atoms with van der Waals surface area (Å²) in [5, 5.41) is 4.73. The molecule has 2 amide bonds. The Morgan fingerprint density at radius 1 is 0.667 bits per heavy atom. The summed E-state index contributed by atoms with van der Waals surface area (Å²) in [6.07, 6.45) is 3.29. The predicted molar refractivity (Wildman–Crippen MR) is 215 cm³/mol. The number of nitrogens with zero attached hydrogens (tertiary/aromatic N) is 7. The lowest BCUT2D eigenvalue weighted by atomic mass is 10.2. The van der Waals surface area contributed by atoms with Gasteiger partial charge in [-0.2, -0.15) is 4.98 Å². The molecule has 2 unspecified atom stereocenters. The Balaban J connectivity index is 0.000000160. The summed E-state index contributed by atoms with van der Waals surface area (Å²) in [7, 11) is 6.26. The number of fused-ring (bicyclic) bond motifs is 2. The number of carbonyl (C=O) groups is 2. The minimum absolute atomic E-state index is 0.0907. The van der Waals surface area contributed by atoms with Crippen molar-refractivity contribution >= 4 is 62.8 Å². The molecule has 2 aromatic carbocycles. The Bertz CT molecular complexity index is 2020. The third-order valence-corrected chi connectivity index (χ3v) is 10.3. The number of halogens is 1. The second-order valence-corrected chi connectivity index (χ2v) is 14.0. The Hall–Kier alpha value is -5.17. The lowest BCUT2D eigenvalue weighted by Crippen LogP contribution is -2.51. The van der Waals surface area contributed by atoms with Gasteiger partial charge in [-0.25, -0.2) is 15.0 Å². The SMILES string of the molecule is COc1cc2nc(Cl)nc(N)c2cc1OC.COc1cc2nc(N3CCN(C(=O)C4CCCO4)CC3)nc(N)c2cc1OC.O=C(C1CCCO1)N1CCNCC1. The maximum atomic E-state index is 12.5. The standard InChI is InChI=1S/C19H25N5O4.C10H10ClN3O2.C9H16N2O2/c1-26-15-10-12-13(11-16(15)27-2)21-19(22-17(12)20)24-7-5-23(6-8-24)18(25)14-4-3-9-28-14;1-15-7-3-5-6(4-8(7)16-2)13-10(11)14-9(5)12;12-9(8-2-1-7-13-8)11-5-3-10-4-6-11/h10-11,14H,3-9H2,1-2H3,(H2,20,21,22);3-4H,1-2H3,(H2,12,13,14);8,10H,1-7H2. The van der Waals surface area contributed by atoms with E-state index >= 15 is 0 Å². The summed E-state index contributed by atoms with van der Waals surface area (Å²) in [6.45, 7) is 7.46. The number of nitrogens with one attached hydrogen (secondary N) is 1. The molecule has 57 heavy (non-hydrogen) atoms. The molecule has 0 radical (unpaired) electrons. The van der Waals surface area contributed by atoms with Gasteiger partial charge in [-0.1, -0.05) is 0 Å². The molecule has 8 rings (SSSR count). The second-order valence-electron chi connectivity index (χ2n) is 13.6. The minimum Gasteiger partial charge on any atom is -0.493 e. The number of hydrogen-bond donors (Lipinski definition) is 3. The number of carbonyl (C=O) groups excluding carboxylic acids is 2. The molecule has 2 atom stereocenters. The monoisotopic (exact) mass is 810 g/mol. The van der Waals surface area contributed by atoms with E-state index in [4.69, 9.17) is 51.5 Å². The molecule has 6 heterocycles. The number of methoxy groups -OCH3 is 4. The molecule has 0 aliphatic carbocycles. The van der Waals surface area contributed by atoms with Crippen molar-refractivity contribution < 1.29 is 38.0 Å². The van der Waals surface area contributed by atoms with Gasteiger partial charge in [0.25, 0.3) is 11.8 Å². The summed E-state index contributed by atoms with van der Waals surface area (Å²) in [6, 6.07) is 7.01. The van der Waals surface area contributed by atoms with E-state index in [1.165, 1.54) is 0 Å². The van der Waals surface area contributed by atoms with Crippen molar-refractivity contribution in [2.45, 2.75) is 37.9 Å². The van der Waals surface area contributed by atoms with Crippen LogP contribution in [-0.4, -0.2) is 148 Å². The third-order valence-electron chi connectivity index (χ3n) is 10.1. The quantitative estimate of drug-likeness (QED) is 0.229.